The van der Waals surface area contributed by atoms with Gasteiger partial charge in [-0.05, 0) is 55.4 Å². The Hall–Kier alpha value is -2.18. The van der Waals surface area contributed by atoms with Gasteiger partial charge in [-0.15, -0.1) is 0 Å². The minimum Gasteiger partial charge on any atom is -0.349 e. The van der Waals surface area contributed by atoms with Crippen LogP contribution in [0.5, 0.6) is 0 Å². The maximum atomic E-state index is 12.9. The first-order valence-electron chi connectivity index (χ1n) is 10.7. The highest BCUT2D eigenvalue weighted by Gasteiger charge is 2.31. The highest BCUT2D eigenvalue weighted by atomic mass is 32.2. The monoisotopic (exact) mass is 428 g/mol. The van der Waals surface area contributed by atoms with Crippen molar-refractivity contribution in [3.8, 4) is 0 Å². The Morgan fingerprint density at radius 1 is 1.07 bits per heavy atom. The van der Waals surface area contributed by atoms with Crippen molar-refractivity contribution in [2.75, 3.05) is 13.1 Å². The molecule has 0 unspecified atom stereocenters. The summed E-state index contributed by atoms with van der Waals surface area (Å²) in [5, 5.41) is 3.19. The number of hydrogen-bond acceptors (Lipinski definition) is 3. The van der Waals surface area contributed by atoms with Gasteiger partial charge in [-0.2, -0.15) is 0 Å². The predicted molar refractivity (Wildman–Crippen MR) is 120 cm³/mol. The van der Waals surface area contributed by atoms with Gasteiger partial charge in [0.25, 0.3) is 0 Å². The zero-order valence-corrected chi connectivity index (χ0v) is 18.9. The Kier molecular flexibility index (Phi) is 7.32. The molecule has 0 aromatic heterocycles. The number of hydrogen-bond donors (Lipinski definition) is 1. The molecule has 30 heavy (non-hydrogen) atoms. The number of nitrogens with zero attached hydrogens (tertiary/aromatic N) is 1. The molecule has 5 nitrogen and oxygen atoms in total. The van der Waals surface area contributed by atoms with Gasteiger partial charge in [0.15, 0.2) is 0 Å². The van der Waals surface area contributed by atoms with Crippen molar-refractivity contribution >= 4 is 15.9 Å². The molecule has 1 amide bonds. The van der Waals surface area contributed by atoms with Crippen LogP contribution in [0.15, 0.2) is 48.5 Å². The minimum atomic E-state index is -3.36. The Bertz CT molecular complexity index is 965. The van der Waals surface area contributed by atoms with Crippen molar-refractivity contribution in [2.45, 2.75) is 51.8 Å². The van der Waals surface area contributed by atoms with Crippen LogP contribution in [0.4, 0.5) is 0 Å². The molecule has 1 fully saturated rings. The van der Waals surface area contributed by atoms with Crippen LogP contribution in [-0.2, 0) is 20.6 Å². The maximum absolute atomic E-state index is 12.9. The van der Waals surface area contributed by atoms with Gasteiger partial charge in [0.05, 0.1) is 11.8 Å². The number of carbonyl (C=O) groups is 1. The van der Waals surface area contributed by atoms with E-state index < -0.39 is 10.0 Å². The fourth-order valence-corrected chi connectivity index (χ4v) is 5.53. The lowest BCUT2D eigenvalue weighted by atomic mass is 9.95. The van der Waals surface area contributed by atoms with Crippen molar-refractivity contribution in [1.82, 2.24) is 9.62 Å². The maximum Gasteiger partial charge on any atom is 0.223 e. The number of amides is 1. The van der Waals surface area contributed by atoms with E-state index in [9.17, 15) is 13.2 Å². The quantitative estimate of drug-likeness (QED) is 0.722. The molecule has 2 aromatic rings. The molecule has 1 N–H and O–H groups in total. The highest BCUT2D eigenvalue weighted by Crippen LogP contribution is 2.25. The van der Waals surface area contributed by atoms with Gasteiger partial charge in [0.2, 0.25) is 15.9 Å². The average Bonchev–Trinajstić information content (AvgIpc) is 2.74. The number of sulfonamides is 1. The number of rotatable bonds is 7. The van der Waals surface area contributed by atoms with Crippen LogP contribution in [-0.4, -0.2) is 31.7 Å². The molecule has 6 heteroatoms. The summed E-state index contributed by atoms with van der Waals surface area (Å²) in [6, 6.07) is 15.5. The zero-order chi connectivity index (χ0) is 21.7. The molecular formula is C24H32N2O3S. The van der Waals surface area contributed by atoms with Gasteiger partial charge in [-0.25, -0.2) is 12.7 Å². The number of piperidine rings is 1. The number of nitrogens with one attached hydrogen (secondary N) is 1. The van der Waals surface area contributed by atoms with Crippen LogP contribution in [0, 0.1) is 19.8 Å². The van der Waals surface area contributed by atoms with Crippen LogP contribution in [0.1, 0.15) is 54.5 Å². The molecule has 1 saturated heterocycles. The molecular weight excluding hydrogens is 396 g/mol. The molecule has 1 aliphatic heterocycles. The van der Waals surface area contributed by atoms with Gasteiger partial charge >= 0.3 is 0 Å². The third-order valence-corrected chi connectivity index (χ3v) is 7.92. The van der Waals surface area contributed by atoms with Crippen LogP contribution in [0.3, 0.4) is 0 Å². The molecule has 0 aliphatic carbocycles. The smallest absolute Gasteiger partial charge is 0.223 e. The number of carbonyl (C=O) groups excluding carboxylic acids is 1. The summed E-state index contributed by atoms with van der Waals surface area (Å²) in [7, 11) is -3.36. The van der Waals surface area contributed by atoms with Gasteiger partial charge in [-0.3, -0.25) is 4.79 Å². The van der Waals surface area contributed by atoms with Gasteiger partial charge in [0.1, 0.15) is 0 Å². The normalized spacial score (nSPS) is 16.9. The average molecular weight is 429 g/mol. The van der Waals surface area contributed by atoms with Crippen molar-refractivity contribution in [2.24, 2.45) is 5.92 Å². The van der Waals surface area contributed by atoms with Gasteiger partial charge < -0.3 is 5.32 Å². The third-order valence-electron chi connectivity index (χ3n) is 6.07. The van der Waals surface area contributed by atoms with E-state index >= 15 is 0 Å². The summed E-state index contributed by atoms with van der Waals surface area (Å²) in [6.07, 6.45) is 1.94. The SMILES string of the molecule is CC[C@@H](NC(=O)C1CCN(S(=O)(=O)Cc2ccccc2)CC1)c1ccc(C)c(C)c1. The van der Waals surface area contributed by atoms with Gasteiger partial charge in [0, 0.05) is 19.0 Å². The topological polar surface area (TPSA) is 66.5 Å². The second-order valence-electron chi connectivity index (χ2n) is 8.23. The van der Waals surface area contributed by atoms with E-state index in [1.807, 2.05) is 30.3 Å². The lowest BCUT2D eigenvalue weighted by Gasteiger charge is -2.31. The second-order valence-corrected chi connectivity index (χ2v) is 10.2. The second kappa shape index (κ2) is 9.75. The lowest BCUT2D eigenvalue weighted by molar-refractivity contribution is -0.126. The summed E-state index contributed by atoms with van der Waals surface area (Å²) in [4.78, 5) is 12.9. The molecule has 0 radical (unpaired) electrons. The number of aryl methyl sites for hydroxylation is 2. The first kappa shape index (κ1) is 22.5. The zero-order valence-electron chi connectivity index (χ0n) is 18.1. The van der Waals surface area contributed by atoms with Crippen molar-refractivity contribution in [3.05, 3.63) is 70.8 Å². The first-order valence-corrected chi connectivity index (χ1v) is 12.3. The highest BCUT2D eigenvalue weighted by molar-refractivity contribution is 7.88. The molecule has 1 aliphatic rings. The van der Waals surface area contributed by atoms with Crippen LogP contribution >= 0.6 is 0 Å². The van der Waals surface area contributed by atoms with Crippen molar-refractivity contribution in [1.29, 1.82) is 0 Å². The summed E-state index contributed by atoms with van der Waals surface area (Å²) in [5.74, 6) is -0.107. The third kappa shape index (κ3) is 5.49. The van der Waals surface area contributed by atoms with E-state index in [4.69, 9.17) is 0 Å². The Morgan fingerprint density at radius 2 is 1.73 bits per heavy atom. The molecule has 2 aromatic carbocycles. The van der Waals surface area contributed by atoms with Crippen molar-refractivity contribution in [3.63, 3.8) is 0 Å². The molecule has 0 bridgehead atoms. The predicted octanol–water partition coefficient (Wildman–Crippen LogP) is 4.11. The molecule has 0 spiro atoms. The van der Waals surface area contributed by atoms with Crippen LogP contribution in [0.2, 0.25) is 0 Å². The van der Waals surface area contributed by atoms with E-state index in [0.29, 0.717) is 25.9 Å². The first-order chi connectivity index (χ1) is 14.3. The molecule has 1 atom stereocenters. The largest absolute Gasteiger partial charge is 0.349 e. The summed E-state index contributed by atoms with van der Waals surface area (Å²) < 4.78 is 27.0. The minimum absolute atomic E-state index is 0.00931. The fourth-order valence-electron chi connectivity index (χ4n) is 3.96. The van der Waals surface area contributed by atoms with Crippen LogP contribution < -0.4 is 5.32 Å². The van der Waals surface area contributed by atoms with E-state index in [0.717, 1.165) is 17.5 Å². The molecule has 162 valence electrons. The Morgan fingerprint density at radius 3 is 2.33 bits per heavy atom. The van der Waals surface area contributed by atoms with E-state index in [-0.39, 0.29) is 23.6 Å². The summed E-state index contributed by atoms with van der Waals surface area (Å²) in [6.45, 7) is 7.03. The van der Waals surface area contributed by atoms with E-state index in [2.05, 4.69) is 44.3 Å². The van der Waals surface area contributed by atoms with Crippen molar-refractivity contribution < 1.29 is 13.2 Å². The van der Waals surface area contributed by atoms with E-state index in [1.165, 1.54) is 15.4 Å². The van der Waals surface area contributed by atoms with E-state index in [1.54, 1.807) is 0 Å². The molecule has 1 heterocycles. The van der Waals surface area contributed by atoms with Gasteiger partial charge in [-0.1, -0.05) is 55.5 Å². The summed E-state index contributed by atoms with van der Waals surface area (Å²) >= 11 is 0. The molecule has 0 saturated carbocycles. The Labute approximate surface area is 180 Å². The fraction of sp³-hybridized carbons (Fsp3) is 0.458. The molecule has 3 rings (SSSR count). The summed E-state index contributed by atoms with van der Waals surface area (Å²) in [5.41, 5.74) is 4.37. The van der Waals surface area contributed by atoms with Crippen LogP contribution in [0.25, 0.3) is 0 Å². The standard InChI is InChI=1S/C24H32N2O3S/c1-4-23(22-11-10-18(2)19(3)16-22)25-24(27)21-12-14-26(15-13-21)30(28,29)17-20-8-6-5-7-9-20/h5-11,16,21,23H,4,12-15,17H2,1-3H3,(H,25,27)/t23-/m1/s1. The lowest BCUT2D eigenvalue weighted by Crippen LogP contribution is -2.44. The Balaban J connectivity index is 1.57. The number of benzene rings is 2.